The first-order valence-corrected chi connectivity index (χ1v) is 10.3. The molecule has 1 unspecified atom stereocenters. The van der Waals surface area contributed by atoms with Crippen LogP contribution in [0.1, 0.15) is 36.9 Å². The fourth-order valence-corrected chi connectivity index (χ4v) is 3.64. The lowest BCUT2D eigenvalue weighted by molar-refractivity contribution is -0.384. The van der Waals surface area contributed by atoms with E-state index in [1.165, 1.54) is 29.2 Å². The third-order valence-electron chi connectivity index (χ3n) is 5.16. The fourth-order valence-electron chi connectivity index (χ4n) is 3.64. The second-order valence-electron chi connectivity index (χ2n) is 7.33. The van der Waals surface area contributed by atoms with Crippen LogP contribution >= 0.6 is 0 Å². The molecule has 0 aliphatic carbocycles. The molecule has 1 aliphatic rings. The average molecular weight is 436 g/mol. The Morgan fingerprint density at radius 3 is 2.69 bits per heavy atom. The molecule has 8 heteroatoms. The first kappa shape index (κ1) is 22.7. The zero-order chi connectivity index (χ0) is 23.3. The van der Waals surface area contributed by atoms with Crippen LogP contribution in [0.3, 0.4) is 0 Å². The Morgan fingerprint density at radius 1 is 1.25 bits per heavy atom. The summed E-state index contributed by atoms with van der Waals surface area (Å²) in [7, 11) is 0. The second kappa shape index (κ2) is 9.91. The van der Waals surface area contributed by atoms with Gasteiger partial charge in [0.1, 0.15) is 18.1 Å². The van der Waals surface area contributed by atoms with Crippen LogP contribution in [-0.2, 0) is 9.59 Å². The molecule has 0 radical (unpaired) electrons. The van der Waals surface area contributed by atoms with E-state index in [1.54, 1.807) is 30.3 Å². The number of Topliss-reactive ketones (excluding diaryl/α,β-unsaturated/α-hetero) is 1. The summed E-state index contributed by atoms with van der Waals surface area (Å²) in [6, 6.07) is 11.4. The SMILES string of the molecule is C=CCOc1cccc(C2/C(=C(/O)c3cccc([N+](=O)[O-])c3)C(=O)C(=O)N2CCCC)c1. The van der Waals surface area contributed by atoms with E-state index in [9.17, 15) is 24.8 Å². The third-order valence-corrected chi connectivity index (χ3v) is 5.16. The molecule has 1 N–H and O–H groups in total. The number of aliphatic hydroxyl groups is 1. The number of nitro benzene ring substituents is 1. The maximum absolute atomic E-state index is 13.0. The maximum atomic E-state index is 13.0. The van der Waals surface area contributed by atoms with Gasteiger partial charge in [-0.2, -0.15) is 0 Å². The highest BCUT2D eigenvalue weighted by atomic mass is 16.6. The minimum Gasteiger partial charge on any atom is -0.507 e. The van der Waals surface area contributed by atoms with Gasteiger partial charge in [-0.25, -0.2) is 0 Å². The molecule has 3 rings (SSSR count). The Hall–Kier alpha value is -3.94. The number of carbonyl (C=O) groups is 2. The molecule has 1 atom stereocenters. The monoisotopic (exact) mass is 436 g/mol. The van der Waals surface area contributed by atoms with Gasteiger partial charge < -0.3 is 14.7 Å². The lowest BCUT2D eigenvalue weighted by Gasteiger charge is -2.25. The van der Waals surface area contributed by atoms with Crippen molar-refractivity contribution in [1.82, 2.24) is 4.90 Å². The van der Waals surface area contributed by atoms with E-state index in [1.807, 2.05) is 6.92 Å². The number of carbonyl (C=O) groups excluding carboxylic acids is 2. The van der Waals surface area contributed by atoms with E-state index in [-0.39, 0.29) is 23.4 Å². The molecule has 0 spiro atoms. The van der Waals surface area contributed by atoms with Crippen molar-refractivity contribution in [2.75, 3.05) is 13.2 Å². The lowest BCUT2D eigenvalue weighted by Crippen LogP contribution is -2.30. The van der Waals surface area contributed by atoms with Crippen LogP contribution in [0.4, 0.5) is 5.69 Å². The Labute approximate surface area is 185 Å². The first-order chi connectivity index (χ1) is 15.4. The van der Waals surface area contributed by atoms with Gasteiger partial charge in [-0.3, -0.25) is 19.7 Å². The molecular formula is C24H24N2O6. The van der Waals surface area contributed by atoms with Crippen molar-refractivity contribution in [1.29, 1.82) is 0 Å². The van der Waals surface area contributed by atoms with Crippen LogP contribution in [0.25, 0.3) is 5.76 Å². The van der Waals surface area contributed by atoms with E-state index in [0.29, 0.717) is 24.3 Å². The molecule has 32 heavy (non-hydrogen) atoms. The number of likely N-dealkylation sites (tertiary alicyclic amines) is 1. The second-order valence-corrected chi connectivity index (χ2v) is 7.33. The summed E-state index contributed by atoms with van der Waals surface area (Å²) < 4.78 is 5.59. The van der Waals surface area contributed by atoms with Crippen molar-refractivity contribution >= 4 is 23.1 Å². The number of aliphatic hydroxyl groups excluding tert-OH is 1. The highest BCUT2D eigenvalue weighted by molar-refractivity contribution is 6.46. The standard InChI is InChI=1S/C24H24N2O6/c1-3-5-12-25-21(16-8-7-11-19(15-16)32-13-4-2)20(23(28)24(25)29)22(27)17-9-6-10-18(14-17)26(30)31/h4,6-11,14-15,21,27H,2-3,5,12-13H2,1H3/b22-20-. The van der Waals surface area contributed by atoms with Crippen molar-refractivity contribution in [3.8, 4) is 5.75 Å². The van der Waals surface area contributed by atoms with Crippen molar-refractivity contribution in [2.24, 2.45) is 0 Å². The fraction of sp³-hybridized carbons (Fsp3) is 0.250. The smallest absolute Gasteiger partial charge is 0.295 e. The number of nitro groups is 1. The van der Waals surface area contributed by atoms with Crippen LogP contribution in [0.2, 0.25) is 0 Å². The summed E-state index contributed by atoms with van der Waals surface area (Å²) in [6.07, 6.45) is 3.08. The quantitative estimate of drug-likeness (QED) is 0.156. The minimum atomic E-state index is -0.840. The highest BCUT2D eigenvalue weighted by Gasteiger charge is 2.45. The molecule has 8 nitrogen and oxygen atoms in total. The number of benzene rings is 2. The predicted molar refractivity (Wildman–Crippen MR) is 119 cm³/mol. The van der Waals surface area contributed by atoms with Gasteiger partial charge in [-0.05, 0) is 24.1 Å². The number of ether oxygens (including phenoxy) is 1. The van der Waals surface area contributed by atoms with Gasteiger partial charge in [0, 0.05) is 24.2 Å². The van der Waals surface area contributed by atoms with Crippen LogP contribution in [0, 0.1) is 10.1 Å². The summed E-state index contributed by atoms with van der Waals surface area (Å²) in [5.41, 5.74) is 0.351. The average Bonchev–Trinajstić information content (AvgIpc) is 3.06. The van der Waals surface area contributed by atoms with E-state index in [4.69, 9.17) is 4.74 Å². The molecule has 2 aromatic rings. The molecule has 1 heterocycles. The Bertz CT molecular complexity index is 1090. The minimum absolute atomic E-state index is 0.0942. The number of rotatable bonds is 9. The molecule has 1 aliphatic heterocycles. The summed E-state index contributed by atoms with van der Waals surface area (Å²) in [4.78, 5) is 37.8. The Balaban J connectivity index is 2.16. The van der Waals surface area contributed by atoms with Crippen LogP contribution < -0.4 is 4.74 Å². The number of non-ortho nitro benzene ring substituents is 1. The van der Waals surface area contributed by atoms with Gasteiger partial charge in [0.15, 0.2) is 0 Å². The highest BCUT2D eigenvalue weighted by Crippen LogP contribution is 2.40. The number of unbranched alkanes of at least 4 members (excludes halogenated alkanes) is 1. The van der Waals surface area contributed by atoms with Crippen LogP contribution in [-0.4, -0.2) is 39.8 Å². The molecule has 0 saturated carbocycles. The van der Waals surface area contributed by atoms with Gasteiger partial charge in [0.25, 0.3) is 17.4 Å². The number of hydrogen-bond donors (Lipinski definition) is 1. The molecule has 0 aromatic heterocycles. The molecule has 1 saturated heterocycles. The molecule has 1 amide bonds. The van der Waals surface area contributed by atoms with Crippen molar-refractivity contribution in [2.45, 2.75) is 25.8 Å². The molecular weight excluding hydrogens is 412 g/mol. The maximum Gasteiger partial charge on any atom is 0.295 e. The third kappa shape index (κ3) is 4.54. The van der Waals surface area contributed by atoms with E-state index < -0.39 is 28.4 Å². The van der Waals surface area contributed by atoms with E-state index in [0.717, 1.165) is 6.42 Å². The topological polar surface area (TPSA) is 110 Å². The number of nitrogens with zero attached hydrogens (tertiary/aromatic N) is 2. The molecule has 1 fully saturated rings. The lowest BCUT2D eigenvalue weighted by atomic mass is 9.95. The van der Waals surface area contributed by atoms with Gasteiger partial charge >= 0.3 is 0 Å². The number of hydrogen-bond acceptors (Lipinski definition) is 6. The van der Waals surface area contributed by atoms with Gasteiger partial charge in [-0.1, -0.05) is 50.3 Å². The Kier molecular flexibility index (Phi) is 7.04. The zero-order valence-electron chi connectivity index (χ0n) is 17.7. The number of amides is 1. The van der Waals surface area contributed by atoms with Gasteiger partial charge in [-0.15, -0.1) is 0 Å². The zero-order valence-corrected chi connectivity index (χ0v) is 17.7. The summed E-state index contributed by atoms with van der Waals surface area (Å²) in [5.74, 6) is -1.47. The molecule has 2 aromatic carbocycles. The number of ketones is 1. The van der Waals surface area contributed by atoms with Crippen molar-refractivity contribution in [3.05, 3.63) is 88.0 Å². The summed E-state index contributed by atoms with van der Waals surface area (Å²) >= 11 is 0. The van der Waals surface area contributed by atoms with Gasteiger partial charge in [0.05, 0.1) is 16.5 Å². The summed E-state index contributed by atoms with van der Waals surface area (Å²) in [5, 5.41) is 22.2. The van der Waals surface area contributed by atoms with Gasteiger partial charge in [0.2, 0.25) is 0 Å². The summed E-state index contributed by atoms with van der Waals surface area (Å²) in [6.45, 7) is 6.20. The van der Waals surface area contributed by atoms with E-state index >= 15 is 0 Å². The van der Waals surface area contributed by atoms with Crippen LogP contribution in [0.5, 0.6) is 5.75 Å². The largest absolute Gasteiger partial charge is 0.507 e. The normalized spacial score (nSPS) is 17.4. The predicted octanol–water partition coefficient (Wildman–Crippen LogP) is 4.38. The molecule has 166 valence electrons. The van der Waals surface area contributed by atoms with Crippen molar-refractivity contribution in [3.63, 3.8) is 0 Å². The van der Waals surface area contributed by atoms with E-state index in [2.05, 4.69) is 6.58 Å². The first-order valence-electron chi connectivity index (χ1n) is 10.3. The Morgan fingerprint density at radius 2 is 2.00 bits per heavy atom. The van der Waals surface area contributed by atoms with Crippen molar-refractivity contribution < 1.29 is 24.4 Å². The molecule has 0 bridgehead atoms. The van der Waals surface area contributed by atoms with Crippen LogP contribution in [0.15, 0.2) is 66.8 Å².